The fourth-order valence-electron chi connectivity index (χ4n) is 3.33. The minimum atomic E-state index is -0.314. The molecule has 6 nitrogen and oxygen atoms in total. The first-order valence-electron chi connectivity index (χ1n) is 9.57. The number of amides is 1. The Morgan fingerprint density at radius 3 is 2.57 bits per heavy atom. The van der Waals surface area contributed by atoms with Crippen LogP contribution >= 0.6 is 11.3 Å². The van der Waals surface area contributed by atoms with E-state index in [-0.39, 0.29) is 29.5 Å². The molecule has 0 aliphatic heterocycles. The number of halogens is 1. The summed E-state index contributed by atoms with van der Waals surface area (Å²) in [5, 5.41) is 13.2. The van der Waals surface area contributed by atoms with Crippen molar-refractivity contribution >= 4 is 17.2 Å². The second kappa shape index (κ2) is 8.96. The monoisotopic (exact) mass is 421 g/mol. The predicted molar refractivity (Wildman–Crippen MR) is 113 cm³/mol. The van der Waals surface area contributed by atoms with Gasteiger partial charge in [-0.25, -0.2) is 9.07 Å². The van der Waals surface area contributed by atoms with Crippen molar-refractivity contribution in [2.24, 2.45) is 0 Å². The van der Waals surface area contributed by atoms with E-state index >= 15 is 0 Å². The molecule has 1 N–H and O–H groups in total. The third-order valence-electron chi connectivity index (χ3n) is 4.85. The minimum Gasteiger partial charge on any atom is -0.339 e. The first kappa shape index (κ1) is 19.9. The fraction of sp³-hybridized carbons (Fsp3) is 0.182. The maximum atomic E-state index is 13.3. The third-order valence-corrected chi connectivity index (χ3v) is 5.78. The van der Waals surface area contributed by atoms with Crippen molar-refractivity contribution in [3.05, 3.63) is 100 Å². The van der Waals surface area contributed by atoms with E-state index in [2.05, 4.69) is 20.6 Å². The summed E-state index contributed by atoms with van der Waals surface area (Å²) in [6.45, 7) is 2.01. The molecule has 0 aliphatic rings. The summed E-state index contributed by atoms with van der Waals surface area (Å²) in [4.78, 5) is 18.0. The van der Waals surface area contributed by atoms with E-state index in [4.69, 9.17) is 0 Å². The number of aromatic nitrogens is 4. The molecule has 0 radical (unpaired) electrons. The van der Waals surface area contributed by atoms with Crippen molar-refractivity contribution < 1.29 is 9.18 Å². The largest absolute Gasteiger partial charge is 0.339 e. The van der Waals surface area contributed by atoms with E-state index < -0.39 is 0 Å². The summed E-state index contributed by atoms with van der Waals surface area (Å²) in [7, 11) is 0. The lowest BCUT2D eigenvalue weighted by atomic mass is 10.0. The SMILES string of the molecule is CC[C@@H](c1ccc(F)cc1)n1cc(C(=O)N[C@@H](c2ccncc2)c2cccs2)nn1. The summed E-state index contributed by atoms with van der Waals surface area (Å²) in [5.74, 6) is -0.603. The van der Waals surface area contributed by atoms with Gasteiger partial charge in [-0.15, -0.1) is 16.4 Å². The van der Waals surface area contributed by atoms with E-state index in [9.17, 15) is 9.18 Å². The molecule has 8 heteroatoms. The first-order valence-corrected chi connectivity index (χ1v) is 10.4. The molecule has 0 saturated carbocycles. The van der Waals surface area contributed by atoms with E-state index in [0.717, 1.165) is 22.4 Å². The summed E-state index contributed by atoms with van der Waals surface area (Å²) in [6, 6.07) is 13.5. The number of hydrogen-bond donors (Lipinski definition) is 1. The van der Waals surface area contributed by atoms with Crippen molar-refractivity contribution in [3.8, 4) is 0 Å². The number of nitrogens with zero attached hydrogens (tertiary/aromatic N) is 4. The lowest BCUT2D eigenvalue weighted by molar-refractivity contribution is 0.0938. The van der Waals surface area contributed by atoms with E-state index in [1.165, 1.54) is 12.1 Å². The standard InChI is InChI=1S/C22H20FN5OS/c1-2-19(15-5-7-17(23)8-6-15)28-14-18(26-27-28)22(29)25-21(20-4-3-13-30-20)16-9-11-24-12-10-16/h3-14,19,21H,2H2,1H3,(H,25,29)/t19-,21-/m0/s1. The van der Waals surface area contributed by atoms with Gasteiger partial charge in [0.15, 0.2) is 5.69 Å². The Morgan fingerprint density at radius 1 is 1.13 bits per heavy atom. The molecule has 1 amide bonds. The third kappa shape index (κ3) is 4.28. The molecule has 0 bridgehead atoms. The van der Waals surface area contributed by atoms with Crippen LogP contribution in [0.2, 0.25) is 0 Å². The Labute approximate surface area is 177 Å². The van der Waals surface area contributed by atoms with Gasteiger partial charge in [0.25, 0.3) is 5.91 Å². The van der Waals surface area contributed by atoms with Gasteiger partial charge in [0.2, 0.25) is 0 Å². The van der Waals surface area contributed by atoms with Gasteiger partial charge in [-0.3, -0.25) is 9.78 Å². The zero-order chi connectivity index (χ0) is 20.9. The number of rotatable bonds is 7. The normalized spacial score (nSPS) is 13.0. The quantitative estimate of drug-likeness (QED) is 0.480. The average Bonchev–Trinajstić information content (AvgIpc) is 3.47. The molecule has 1 aromatic carbocycles. The van der Waals surface area contributed by atoms with Crippen LogP contribution in [0.25, 0.3) is 0 Å². The van der Waals surface area contributed by atoms with Crippen molar-refractivity contribution in [1.29, 1.82) is 0 Å². The van der Waals surface area contributed by atoms with Gasteiger partial charge in [0.1, 0.15) is 5.82 Å². The van der Waals surface area contributed by atoms with E-state index in [1.54, 1.807) is 46.7 Å². The molecule has 0 aliphatic carbocycles. The van der Waals surface area contributed by atoms with Crippen LogP contribution in [0.15, 0.2) is 72.5 Å². The van der Waals surface area contributed by atoms with Gasteiger partial charge < -0.3 is 5.32 Å². The highest BCUT2D eigenvalue weighted by Crippen LogP contribution is 2.26. The van der Waals surface area contributed by atoms with Gasteiger partial charge in [0.05, 0.1) is 18.3 Å². The molecular weight excluding hydrogens is 401 g/mol. The van der Waals surface area contributed by atoms with E-state index in [1.807, 2.05) is 36.6 Å². The number of thiophene rings is 1. The molecule has 30 heavy (non-hydrogen) atoms. The maximum Gasteiger partial charge on any atom is 0.274 e. The second-order valence-corrected chi connectivity index (χ2v) is 7.74. The summed E-state index contributed by atoms with van der Waals surface area (Å²) < 4.78 is 14.9. The minimum absolute atomic E-state index is 0.132. The molecule has 0 fully saturated rings. The zero-order valence-electron chi connectivity index (χ0n) is 16.3. The van der Waals surface area contributed by atoms with Crippen LogP contribution in [-0.2, 0) is 0 Å². The number of benzene rings is 1. The molecule has 0 saturated heterocycles. The predicted octanol–water partition coefficient (Wildman–Crippen LogP) is 4.39. The lowest BCUT2D eigenvalue weighted by Crippen LogP contribution is -2.29. The Hall–Kier alpha value is -3.39. The highest BCUT2D eigenvalue weighted by Gasteiger charge is 2.22. The molecule has 0 spiro atoms. The topological polar surface area (TPSA) is 72.7 Å². The lowest BCUT2D eigenvalue weighted by Gasteiger charge is -2.17. The van der Waals surface area contributed by atoms with Crippen molar-refractivity contribution in [2.75, 3.05) is 0 Å². The first-order chi connectivity index (χ1) is 14.7. The van der Waals surface area contributed by atoms with Crippen LogP contribution in [0.1, 0.15) is 51.9 Å². The summed E-state index contributed by atoms with van der Waals surface area (Å²) in [5.41, 5.74) is 2.07. The van der Waals surface area contributed by atoms with Crippen LogP contribution < -0.4 is 5.32 Å². The van der Waals surface area contributed by atoms with Gasteiger partial charge in [-0.2, -0.15) is 0 Å². The van der Waals surface area contributed by atoms with Crippen LogP contribution in [0.4, 0.5) is 4.39 Å². The molecular formula is C22H20FN5OS. The highest BCUT2D eigenvalue weighted by molar-refractivity contribution is 7.10. The number of carbonyl (C=O) groups is 1. The molecule has 152 valence electrons. The fourth-order valence-corrected chi connectivity index (χ4v) is 4.13. The van der Waals surface area contributed by atoms with Gasteiger partial charge in [-0.1, -0.05) is 30.3 Å². The van der Waals surface area contributed by atoms with Gasteiger partial charge in [-0.05, 0) is 53.3 Å². The summed E-state index contributed by atoms with van der Waals surface area (Å²) in [6.07, 6.45) is 5.76. The van der Waals surface area contributed by atoms with Crippen LogP contribution in [0.3, 0.4) is 0 Å². The zero-order valence-corrected chi connectivity index (χ0v) is 17.1. The van der Waals surface area contributed by atoms with Crippen molar-refractivity contribution in [1.82, 2.24) is 25.3 Å². The van der Waals surface area contributed by atoms with Gasteiger partial charge >= 0.3 is 0 Å². The maximum absolute atomic E-state index is 13.3. The molecule has 3 heterocycles. The Morgan fingerprint density at radius 2 is 1.90 bits per heavy atom. The Bertz CT molecular complexity index is 1100. The van der Waals surface area contributed by atoms with Crippen LogP contribution in [-0.4, -0.2) is 25.9 Å². The molecule has 4 aromatic rings. The number of carbonyl (C=O) groups excluding carboxylic acids is 1. The van der Waals surface area contributed by atoms with Crippen molar-refractivity contribution in [2.45, 2.75) is 25.4 Å². The van der Waals surface area contributed by atoms with E-state index in [0.29, 0.717) is 0 Å². The summed E-state index contributed by atoms with van der Waals surface area (Å²) >= 11 is 1.57. The number of nitrogens with one attached hydrogen (secondary N) is 1. The van der Waals surface area contributed by atoms with Crippen molar-refractivity contribution in [3.63, 3.8) is 0 Å². The number of hydrogen-bond acceptors (Lipinski definition) is 5. The number of pyridine rings is 1. The van der Waals surface area contributed by atoms with Crippen LogP contribution in [0, 0.1) is 5.82 Å². The highest BCUT2D eigenvalue weighted by atomic mass is 32.1. The second-order valence-electron chi connectivity index (χ2n) is 6.76. The Balaban J connectivity index is 1.56. The molecule has 4 rings (SSSR count). The van der Waals surface area contributed by atoms with Gasteiger partial charge in [0, 0.05) is 17.3 Å². The molecule has 0 unspecified atom stereocenters. The Kier molecular flexibility index (Phi) is 5.94. The smallest absolute Gasteiger partial charge is 0.274 e. The van der Waals surface area contributed by atoms with Crippen LogP contribution in [0.5, 0.6) is 0 Å². The molecule has 3 aromatic heterocycles. The molecule has 2 atom stereocenters. The average molecular weight is 422 g/mol.